The molecule has 102 valence electrons. The fraction of sp³-hybridized carbons (Fsp3) is 0.538. The van der Waals surface area contributed by atoms with E-state index < -0.39 is 10.0 Å². The zero-order valence-electron chi connectivity index (χ0n) is 11.2. The van der Waals surface area contributed by atoms with Crippen LogP contribution in [0.5, 0.6) is 0 Å². The predicted molar refractivity (Wildman–Crippen MR) is 77.6 cm³/mol. The average Bonchev–Trinajstić information content (AvgIpc) is 2.13. The molecule has 5 heteroatoms. The number of anilines is 1. The summed E-state index contributed by atoms with van der Waals surface area (Å²) in [4.78, 5) is 0. The van der Waals surface area contributed by atoms with Gasteiger partial charge in [-0.2, -0.15) is 0 Å². The van der Waals surface area contributed by atoms with E-state index >= 15 is 0 Å². The fourth-order valence-corrected chi connectivity index (χ4v) is 3.63. The molecule has 0 aromatic heterocycles. The van der Waals surface area contributed by atoms with Gasteiger partial charge in [0.15, 0.2) is 0 Å². The lowest BCUT2D eigenvalue weighted by Crippen LogP contribution is -2.26. The lowest BCUT2D eigenvalue weighted by molar-refractivity contribution is 0.463. The standard InChI is InChI=1S/C13H20ClNO2S/c1-10(14)11-7-5-6-8-12(11)15-18(16,17)9-13(2,3)4/h5-8,10,15H,9H2,1-4H3. The molecule has 3 nitrogen and oxygen atoms in total. The first-order chi connectivity index (χ1) is 8.11. The Morgan fingerprint density at radius 1 is 1.28 bits per heavy atom. The summed E-state index contributed by atoms with van der Waals surface area (Å²) < 4.78 is 26.7. The van der Waals surface area contributed by atoms with Crippen LogP contribution in [0.15, 0.2) is 24.3 Å². The largest absolute Gasteiger partial charge is 0.283 e. The summed E-state index contributed by atoms with van der Waals surface area (Å²) in [5.41, 5.74) is 1.06. The minimum absolute atomic E-state index is 0.0744. The van der Waals surface area contributed by atoms with Crippen LogP contribution in [0.3, 0.4) is 0 Å². The molecular formula is C13H20ClNO2S. The third-order valence-electron chi connectivity index (χ3n) is 2.28. The van der Waals surface area contributed by atoms with Crippen LogP contribution in [0.2, 0.25) is 0 Å². The first-order valence-electron chi connectivity index (χ1n) is 5.84. The molecule has 1 N–H and O–H groups in total. The van der Waals surface area contributed by atoms with Gasteiger partial charge in [-0.25, -0.2) is 8.42 Å². The van der Waals surface area contributed by atoms with Crippen LogP contribution in [-0.2, 0) is 10.0 Å². The van der Waals surface area contributed by atoms with Crippen LogP contribution in [0, 0.1) is 5.41 Å². The number of benzene rings is 1. The van der Waals surface area contributed by atoms with Crippen molar-refractivity contribution in [1.82, 2.24) is 0 Å². The summed E-state index contributed by atoms with van der Waals surface area (Å²) in [6, 6.07) is 7.19. The predicted octanol–water partition coefficient (Wildman–Crippen LogP) is 3.77. The van der Waals surface area contributed by atoms with Crippen molar-refractivity contribution in [2.45, 2.75) is 33.1 Å². The van der Waals surface area contributed by atoms with Gasteiger partial charge in [0.1, 0.15) is 0 Å². The van der Waals surface area contributed by atoms with E-state index in [1.807, 2.05) is 39.8 Å². The van der Waals surface area contributed by atoms with Crippen molar-refractivity contribution in [2.75, 3.05) is 10.5 Å². The van der Waals surface area contributed by atoms with Gasteiger partial charge in [-0.1, -0.05) is 39.0 Å². The number of halogens is 1. The molecule has 18 heavy (non-hydrogen) atoms. The first kappa shape index (κ1) is 15.3. The summed E-state index contributed by atoms with van der Waals surface area (Å²) in [6.07, 6.45) is 0. The van der Waals surface area contributed by atoms with E-state index in [4.69, 9.17) is 11.6 Å². The van der Waals surface area contributed by atoms with Gasteiger partial charge in [-0.3, -0.25) is 4.72 Å². The van der Waals surface area contributed by atoms with Gasteiger partial charge in [0.25, 0.3) is 0 Å². The molecule has 1 aromatic carbocycles. The molecule has 0 bridgehead atoms. The van der Waals surface area contributed by atoms with Gasteiger partial charge >= 0.3 is 0 Å². The average molecular weight is 290 g/mol. The molecule has 0 fully saturated rings. The van der Waals surface area contributed by atoms with E-state index in [0.29, 0.717) is 5.69 Å². The number of hydrogen-bond acceptors (Lipinski definition) is 2. The zero-order valence-corrected chi connectivity index (χ0v) is 12.8. The van der Waals surface area contributed by atoms with Crippen molar-refractivity contribution in [3.63, 3.8) is 0 Å². The van der Waals surface area contributed by atoms with Gasteiger partial charge in [-0.05, 0) is 24.0 Å². The van der Waals surface area contributed by atoms with E-state index in [2.05, 4.69) is 4.72 Å². The van der Waals surface area contributed by atoms with Crippen LogP contribution in [-0.4, -0.2) is 14.2 Å². The molecule has 1 aromatic rings. The van der Waals surface area contributed by atoms with E-state index in [1.165, 1.54) is 0 Å². The SMILES string of the molecule is CC(Cl)c1ccccc1NS(=O)(=O)CC(C)(C)C. The Balaban J connectivity index is 2.98. The smallest absolute Gasteiger partial charge is 0.233 e. The second-order valence-corrected chi connectivity index (χ2v) is 8.00. The highest BCUT2D eigenvalue weighted by atomic mass is 35.5. The molecule has 0 spiro atoms. The minimum Gasteiger partial charge on any atom is -0.283 e. The number of para-hydroxylation sites is 1. The highest BCUT2D eigenvalue weighted by molar-refractivity contribution is 7.92. The van der Waals surface area contributed by atoms with Crippen LogP contribution in [0.25, 0.3) is 0 Å². The van der Waals surface area contributed by atoms with Crippen molar-refractivity contribution in [2.24, 2.45) is 5.41 Å². The Hall–Kier alpha value is -0.740. The maximum Gasteiger partial charge on any atom is 0.233 e. The summed E-state index contributed by atoms with van der Waals surface area (Å²) in [5.74, 6) is 0.0744. The third kappa shape index (κ3) is 4.86. The Labute approximate surface area is 115 Å². The lowest BCUT2D eigenvalue weighted by atomic mass is 10.0. The van der Waals surface area contributed by atoms with Gasteiger partial charge < -0.3 is 0 Å². The van der Waals surface area contributed by atoms with Gasteiger partial charge in [0.05, 0.1) is 16.8 Å². The molecule has 0 radical (unpaired) electrons. The van der Waals surface area contributed by atoms with E-state index in [9.17, 15) is 8.42 Å². The zero-order chi connectivity index (χ0) is 14.0. The molecule has 0 saturated heterocycles. The normalized spacial score (nSPS) is 14.3. The second kappa shape index (κ2) is 5.49. The summed E-state index contributed by atoms with van der Waals surface area (Å²) in [7, 11) is -3.36. The molecule has 0 heterocycles. The number of hydrogen-bond donors (Lipinski definition) is 1. The van der Waals surface area contributed by atoms with Crippen molar-refractivity contribution >= 4 is 27.3 Å². The lowest BCUT2D eigenvalue weighted by Gasteiger charge is -2.20. The number of nitrogens with one attached hydrogen (secondary N) is 1. The Kier molecular flexibility index (Phi) is 4.67. The maximum atomic E-state index is 12.0. The fourth-order valence-electron chi connectivity index (χ4n) is 1.71. The van der Waals surface area contributed by atoms with Crippen LogP contribution in [0.4, 0.5) is 5.69 Å². The number of sulfonamides is 1. The molecule has 0 aliphatic heterocycles. The Morgan fingerprint density at radius 3 is 2.33 bits per heavy atom. The molecule has 1 atom stereocenters. The molecule has 0 aliphatic rings. The van der Waals surface area contributed by atoms with Gasteiger partial charge in [0.2, 0.25) is 10.0 Å². The highest BCUT2D eigenvalue weighted by Crippen LogP contribution is 2.28. The van der Waals surface area contributed by atoms with E-state index in [0.717, 1.165) is 5.56 Å². The highest BCUT2D eigenvalue weighted by Gasteiger charge is 2.22. The Bertz CT molecular complexity index is 504. The third-order valence-corrected chi connectivity index (χ3v) is 4.29. The molecule has 1 rings (SSSR count). The molecular weight excluding hydrogens is 270 g/mol. The molecule has 0 aliphatic carbocycles. The first-order valence-corrected chi connectivity index (χ1v) is 7.93. The summed E-state index contributed by atoms with van der Waals surface area (Å²) >= 11 is 6.04. The van der Waals surface area contributed by atoms with Crippen molar-refractivity contribution in [1.29, 1.82) is 0 Å². The van der Waals surface area contributed by atoms with Crippen LogP contribution in [0.1, 0.15) is 38.6 Å². The topological polar surface area (TPSA) is 46.2 Å². The second-order valence-electron chi connectivity index (χ2n) is 5.63. The van der Waals surface area contributed by atoms with Gasteiger partial charge in [0, 0.05) is 0 Å². The summed E-state index contributed by atoms with van der Waals surface area (Å²) in [6.45, 7) is 7.49. The quantitative estimate of drug-likeness (QED) is 0.858. The van der Waals surface area contributed by atoms with E-state index in [1.54, 1.807) is 12.1 Å². The monoisotopic (exact) mass is 289 g/mol. The van der Waals surface area contributed by atoms with Crippen LogP contribution >= 0.6 is 11.6 Å². The molecule has 0 amide bonds. The molecule has 0 saturated carbocycles. The summed E-state index contributed by atoms with van der Waals surface area (Å²) in [5, 5.41) is -0.237. The Morgan fingerprint density at radius 2 is 1.83 bits per heavy atom. The number of rotatable bonds is 4. The molecule has 1 unspecified atom stereocenters. The van der Waals surface area contributed by atoms with Crippen LogP contribution < -0.4 is 4.72 Å². The van der Waals surface area contributed by atoms with Crippen molar-refractivity contribution in [3.05, 3.63) is 29.8 Å². The number of alkyl halides is 1. The maximum absolute atomic E-state index is 12.0. The van der Waals surface area contributed by atoms with Crippen molar-refractivity contribution in [3.8, 4) is 0 Å². The van der Waals surface area contributed by atoms with E-state index in [-0.39, 0.29) is 16.5 Å². The van der Waals surface area contributed by atoms with Gasteiger partial charge in [-0.15, -0.1) is 11.6 Å². The minimum atomic E-state index is -3.36. The van der Waals surface area contributed by atoms with Crippen molar-refractivity contribution < 1.29 is 8.42 Å².